The van der Waals surface area contributed by atoms with Gasteiger partial charge in [-0.15, -0.1) is 11.8 Å². The third kappa shape index (κ3) is 5.42. The van der Waals surface area contributed by atoms with Crippen LogP contribution in [0.2, 0.25) is 0 Å². The largest absolute Gasteiger partial charge is 0.271 e. The summed E-state index contributed by atoms with van der Waals surface area (Å²) in [4.78, 5) is 1.36. The highest BCUT2D eigenvalue weighted by Gasteiger charge is 2.12. The van der Waals surface area contributed by atoms with Crippen molar-refractivity contribution in [2.24, 2.45) is 11.8 Å². The maximum atomic E-state index is 5.66. The second-order valence-corrected chi connectivity index (χ2v) is 6.13. The fraction of sp³-hybridized carbons (Fsp3) is 0.600. The van der Waals surface area contributed by atoms with E-state index in [4.69, 9.17) is 5.84 Å². The summed E-state index contributed by atoms with van der Waals surface area (Å²) in [5, 5.41) is 0. The summed E-state index contributed by atoms with van der Waals surface area (Å²) in [6.45, 7) is 6.71. The Morgan fingerprint density at radius 3 is 2.67 bits per heavy atom. The van der Waals surface area contributed by atoms with Crippen LogP contribution in [0.1, 0.15) is 38.7 Å². The Kier molecular flexibility index (Phi) is 7.40. The molecule has 0 aliphatic heterocycles. The van der Waals surface area contributed by atoms with Crippen molar-refractivity contribution in [3.8, 4) is 0 Å². The molecule has 1 rings (SSSR count). The molecule has 0 amide bonds. The highest BCUT2D eigenvalue weighted by molar-refractivity contribution is 7.99. The number of hydrogen-bond acceptors (Lipinski definition) is 3. The molecule has 1 aromatic rings. The van der Waals surface area contributed by atoms with Crippen LogP contribution in [0.4, 0.5) is 0 Å². The van der Waals surface area contributed by atoms with Crippen LogP contribution in [-0.2, 0) is 0 Å². The van der Waals surface area contributed by atoms with E-state index in [1.165, 1.54) is 23.3 Å². The van der Waals surface area contributed by atoms with E-state index in [9.17, 15) is 0 Å². The van der Waals surface area contributed by atoms with E-state index >= 15 is 0 Å². The van der Waals surface area contributed by atoms with E-state index in [0.29, 0.717) is 6.04 Å². The van der Waals surface area contributed by atoms with E-state index in [1.807, 2.05) is 11.8 Å². The van der Waals surface area contributed by atoms with Crippen LogP contribution in [-0.4, -0.2) is 11.8 Å². The van der Waals surface area contributed by atoms with Crippen LogP contribution >= 0.6 is 11.8 Å². The van der Waals surface area contributed by atoms with Gasteiger partial charge in [0, 0.05) is 16.7 Å². The molecule has 0 aliphatic rings. The Morgan fingerprint density at radius 2 is 2.06 bits per heavy atom. The molecule has 102 valence electrons. The standard InChI is InChI=1S/C15H26N2S/c1-4-7-12(2)10-14(17-16)11-18-15-9-6-5-8-13(15)3/h5-6,8-9,12,14,17H,4,7,10-11,16H2,1-3H3. The van der Waals surface area contributed by atoms with Crippen LogP contribution in [0.5, 0.6) is 0 Å². The molecule has 0 aromatic heterocycles. The molecule has 0 bridgehead atoms. The summed E-state index contributed by atoms with van der Waals surface area (Å²) < 4.78 is 0. The molecular weight excluding hydrogens is 240 g/mol. The lowest BCUT2D eigenvalue weighted by Gasteiger charge is -2.20. The fourth-order valence-corrected chi connectivity index (χ4v) is 3.27. The maximum Gasteiger partial charge on any atom is 0.0307 e. The number of rotatable bonds is 8. The Bertz CT molecular complexity index is 341. The summed E-state index contributed by atoms with van der Waals surface area (Å²) in [7, 11) is 0. The molecule has 0 saturated heterocycles. The quantitative estimate of drug-likeness (QED) is 0.427. The SMILES string of the molecule is CCCC(C)CC(CSc1ccccc1C)NN. The van der Waals surface area contributed by atoms with Crippen molar-refractivity contribution in [2.45, 2.75) is 51.0 Å². The first-order valence-electron chi connectivity index (χ1n) is 6.81. The summed E-state index contributed by atoms with van der Waals surface area (Å²) in [5.74, 6) is 7.44. The second-order valence-electron chi connectivity index (χ2n) is 5.07. The third-order valence-electron chi connectivity index (χ3n) is 3.24. The molecule has 0 aliphatic carbocycles. The van der Waals surface area contributed by atoms with Gasteiger partial charge in [0.2, 0.25) is 0 Å². The lowest BCUT2D eigenvalue weighted by Crippen LogP contribution is -2.38. The molecular formula is C15H26N2S. The number of hydrazine groups is 1. The summed E-state index contributed by atoms with van der Waals surface area (Å²) in [6, 6.07) is 8.92. The molecule has 3 N–H and O–H groups in total. The van der Waals surface area contributed by atoms with Gasteiger partial charge in [0.25, 0.3) is 0 Å². The minimum absolute atomic E-state index is 0.399. The van der Waals surface area contributed by atoms with Crippen molar-refractivity contribution >= 4 is 11.8 Å². The first-order valence-corrected chi connectivity index (χ1v) is 7.80. The van der Waals surface area contributed by atoms with Gasteiger partial charge in [-0.1, -0.05) is 44.9 Å². The lowest BCUT2D eigenvalue weighted by molar-refractivity contribution is 0.408. The van der Waals surface area contributed by atoms with Gasteiger partial charge >= 0.3 is 0 Å². The number of thioether (sulfide) groups is 1. The molecule has 0 fully saturated rings. The molecule has 0 spiro atoms. The van der Waals surface area contributed by atoms with Gasteiger partial charge in [-0.05, 0) is 30.9 Å². The first-order chi connectivity index (χ1) is 8.67. The van der Waals surface area contributed by atoms with Crippen LogP contribution in [0.15, 0.2) is 29.2 Å². The van der Waals surface area contributed by atoms with Crippen molar-refractivity contribution in [1.82, 2.24) is 5.43 Å². The molecule has 0 radical (unpaired) electrons. The van der Waals surface area contributed by atoms with Crippen molar-refractivity contribution < 1.29 is 0 Å². The molecule has 18 heavy (non-hydrogen) atoms. The Morgan fingerprint density at radius 1 is 1.33 bits per heavy atom. The van der Waals surface area contributed by atoms with Crippen molar-refractivity contribution in [2.75, 3.05) is 5.75 Å². The van der Waals surface area contributed by atoms with Gasteiger partial charge < -0.3 is 0 Å². The molecule has 3 heteroatoms. The average Bonchev–Trinajstić information content (AvgIpc) is 2.36. The lowest BCUT2D eigenvalue weighted by atomic mass is 9.98. The van der Waals surface area contributed by atoms with Crippen LogP contribution in [0.25, 0.3) is 0 Å². The molecule has 2 unspecified atom stereocenters. The number of benzene rings is 1. The van der Waals surface area contributed by atoms with Gasteiger partial charge in [0.05, 0.1) is 0 Å². The van der Waals surface area contributed by atoms with Crippen molar-refractivity contribution in [3.63, 3.8) is 0 Å². The Hall–Kier alpha value is -0.510. The molecule has 0 saturated carbocycles. The van der Waals surface area contributed by atoms with Crippen molar-refractivity contribution in [1.29, 1.82) is 0 Å². The molecule has 0 heterocycles. The average molecular weight is 266 g/mol. The second kappa shape index (κ2) is 8.57. The number of aryl methyl sites for hydroxylation is 1. The van der Waals surface area contributed by atoms with Crippen molar-refractivity contribution in [3.05, 3.63) is 29.8 Å². The molecule has 1 aromatic carbocycles. The van der Waals surface area contributed by atoms with E-state index in [-0.39, 0.29) is 0 Å². The van der Waals surface area contributed by atoms with Gasteiger partial charge in [-0.2, -0.15) is 0 Å². The molecule has 2 atom stereocenters. The van der Waals surface area contributed by atoms with Gasteiger partial charge in [0.1, 0.15) is 0 Å². The Labute approximate surface area is 116 Å². The zero-order valence-corrected chi connectivity index (χ0v) is 12.6. The number of nitrogens with one attached hydrogen (secondary N) is 1. The number of nitrogens with two attached hydrogens (primary N) is 1. The van der Waals surface area contributed by atoms with Gasteiger partial charge in [-0.3, -0.25) is 11.3 Å². The normalized spacial score (nSPS) is 14.4. The number of hydrogen-bond donors (Lipinski definition) is 2. The van der Waals surface area contributed by atoms with Gasteiger partial charge in [0.15, 0.2) is 0 Å². The summed E-state index contributed by atoms with van der Waals surface area (Å²) in [6.07, 6.45) is 3.69. The zero-order chi connectivity index (χ0) is 13.4. The van der Waals surface area contributed by atoms with E-state index < -0.39 is 0 Å². The highest BCUT2D eigenvalue weighted by atomic mass is 32.2. The highest BCUT2D eigenvalue weighted by Crippen LogP contribution is 2.24. The zero-order valence-electron chi connectivity index (χ0n) is 11.8. The predicted octanol–water partition coefficient (Wildman–Crippen LogP) is 3.75. The Balaban J connectivity index is 2.42. The minimum Gasteiger partial charge on any atom is -0.271 e. The van der Waals surface area contributed by atoms with E-state index in [0.717, 1.165) is 18.1 Å². The summed E-state index contributed by atoms with van der Waals surface area (Å²) in [5.41, 5.74) is 4.31. The monoisotopic (exact) mass is 266 g/mol. The van der Waals surface area contributed by atoms with E-state index in [1.54, 1.807) is 0 Å². The molecule has 2 nitrogen and oxygen atoms in total. The smallest absolute Gasteiger partial charge is 0.0307 e. The van der Waals surface area contributed by atoms with Gasteiger partial charge in [-0.25, -0.2) is 0 Å². The maximum absolute atomic E-state index is 5.66. The predicted molar refractivity (Wildman–Crippen MR) is 81.7 cm³/mol. The first kappa shape index (κ1) is 15.5. The van der Waals surface area contributed by atoms with Crippen LogP contribution in [0, 0.1) is 12.8 Å². The summed E-state index contributed by atoms with van der Waals surface area (Å²) >= 11 is 1.90. The fourth-order valence-electron chi connectivity index (χ4n) is 2.19. The topological polar surface area (TPSA) is 38.0 Å². The third-order valence-corrected chi connectivity index (χ3v) is 4.58. The van der Waals surface area contributed by atoms with Crippen LogP contribution in [0.3, 0.4) is 0 Å². The minimum atomic E-state index is 0.399. The van der Waals surface area contributed by atoms with Crippen LogP contribution < -0.4 is 11.3 Å². The van der Waals surface area contributed by atoms with E-state index in [2.05, 4.69) is 50.5 Å².